The molecule has 0 aromatic carbocycles. The summed E-state index contributed by atoms with van der Waals surface area (Å²) in [7, 11) is 1.92. The average molecular weight is 219 g/mol. The second kappa shape index (κ2) is 5.19. The van der Waals surface area contributed by atoms with E-state index in [-0.39, 0.29) is 0 Å². The van der Waals surface area contributed by atoms with E-state index in [1.807, 2.05) is 19.4 Å². The highest BCUT2D eigenvalue weighted by molar-refractivity contribution is 5.54. The van der Waals surface area contributed by atoms with Gasteiger partial charge in [0.1, 0.15) is 0 Å². The topological polar surface area (TPSA) is 37.0 Å². The molecule has 88 valence electrons. The third-order valence-electron chi connectivity index (χ3n) is 3.33. The SMILES string of the molecule is CNc1cncc(NC2CCCC(C)C2)c1. The number of hydrogen-bond donors (Lipinski definition) is 2. The van der Waals surface area contributed by atoms with Gasteiger partial charge >= 0.3 is 0 Å². The van der Waals surface area contributed by atoms with Gasteiger partial charge in [0.15, 0.2) is 0 Å². The Bertz CT molecular complexity index is 338. The summed E-state index contributed by atoms with van der Waals surface area (Å²) in [6, 6.07) is 2.74. The van der Waals surface area contributed by atoms with Crippen LogP contribution in [0.15, 0.2) is 18.5 Å². The number of hydrogen-bond acceptors (Lipinski definition) is 3. The standard InChI is InChI=1S/C13H21N3/c1-10-4-3-5-11(6-10)16-13-7-12(14-2)8-15-9-13/h7-11,14,16H,3-6H2,1-2H3. The normalized spacial score (nSPS) is 25.1. The molecule has 2 unspecified atom stereocenters. The molecule has 1 aliphatic rings. The largest absolute Gasteiger partial charge is 0.387 e. The lowest BCUT2D eigenvalue weighted by Gasteiger charge is -2.28. The predicted octanol–water partition coefficient (Wildman–Crippen LogP) is 3.11. The minimum atomic E-state index is 0.623. The van der Waals surface area contributed by atoms with Crippen molar-refractivity contribution in [2.45, 2.75) is 38.6 Å². The molecule has 1 saturated carbocycles. The lowest BCUT2D eigenvalue weighted by molar-refractivity contribution is 0.358. The van der Waals surface area contributed by atoms with E-state index in [0.717, 1.165) is 17.3 Å². The summed E-state index contributed by atoms with van der Waals surface area (Å²) in [6.45, 7) is 2.34. The maximum atomic E-state index is 4.21. The molecular formula is C13H21N3. The van der Waals surface area contributed by atoms with Crippen LogP contribution >= 0.6 is 0 Å². The zero-order valence-corrected chi connectivity index (χ0v) is 10.2. The molecule has 1 aromatic rings. The third kappa shape index (κ3) is 2.87. The van der Waals surface area contributed by atoms with E-state index >= 15 is 0 Å². The zero-order valence-electron chi connectivity index (χ0n) is 10.2. The van der Waals surface area contributed by atoms with Crippen molar-refractivity contribution in [2.24, 2.45) is 5.92 Å². The van der Waals surface area contributed by atoms with Crippen LogP contribution in [-0.2, 0) is 0 Å². The van der Waals surface area contributed by atoms with E-state index in [1.165, 1.54) is 25.7 Å². The monoisotopic (exact) mass is 219 g/mol. The Kier molecular flexibility index (Phi) is 3.65. The highest BCUT2D eigenvalue weighted by atomic mass is 14.9. The van der Waals surface area contributed by atoms with Gasteiger partial charge in [0.25, 0.3) is 0 Å². The molecule has 2 N–H and O–H groups in total. The Morgan fingerprint density at radius 3 is 2.81 bits per heavy atom. The fourth-order valence-corrected chi connectivity index (χ4v) is 2.46. The van der Waals surface area contributed by atoms with E-state index in [0.29, 0.717) is 6.04 Å². The minimum absolute atomic E-state index is 0.623. The first-order valence-electron chi connectivity index (χ1n) is 6.17. The number of anilines is 2. The zero-order chi connectivity index (χ0) is 11.4. The molecular weight excluding hydrogens is 198 g/mol. The predicted molar refractivity (Wildman–Crippen MR) is 68.8 cm³/mol. The second-order valence-electron chi connectivity index (χ2n) is 4.83. The Balaban J connectivity index is 1.97. The first-order valence-corrected chi connectivity index (χ1v) is 6.17. The molecule has 0 radical (unpaired) electrons. The van der Waals surface area contributed by atoms with Gasteiger partial charge in [-0.25, -0.2) is 0 Å². The molecule has 0 amide bonds. The Morgan fingerprint density at radius 2 is 2.06 bits per heavy atom. The van der Waals surface area contributed by atoms with Gasteiger partial charge < -0.3 is 10.6 Å². The molecule has 0 spiro atoms. The van der Waals surface area contributed by atoms with Crippen molar-refractivity contribution in [3.05, 3.63) is 18.5 Å². The summed E-state index contributed by atoms with van der Waals surface area (Å²) >= 11 is 0. The smallest absolute Gasteiger partial charge is 0.0549 e. The molecule has 3 heteroatoms. The number of rotatable bonds is 3. The lowest BCUT2D eigenvalue weighted by atomic mass is 9.87. The molecule has 3 nitrogen and oxygen atoms in total. The molecule has 1 heterocycles. The van der Waals surface area contributed by atoms with E-state index in [9.17, 15) is 0 Å². The van der Waals surface area contributed by atoms with Crippen molar-refractivity contribution >= 4 is 11.4 Å². The number of pyridine rings is 1. The number of nitrogens with one attached hydrogen (secondary N) is 2. The maximum absolute atomic E-state index is 4.21. The van der Waals surface area contributed by atoms with Gasteiger partial charge in [0.05, 0.1) is 23.8 Å². The van der Waals surface area contributed by atoms with Gasteiger partial charge in [-0.1, -0.05) is 19.8 Å². The van der Waals surface area contributed by atoms with E-state index in [1.54, 1.807) is 0 Å². The first kappa shape index (κ1) is 11.2. The Labute approximate surface area is 97.7 Å². The third-order valence-corrected chi connectivity index (χ3v) is 3.33. The fourth-order valence-electron chi connectivity index (χ4n) is 2.46. The molecule has 1 aliphatic carbocycles. The molecule has 2 rings (SSSR count). The van der Waals surface area contributed by atoms with Crippen LogP contribution in [0.1, 0.15) is 32.6 Å². The van der Waals surface area contributed by atoms with E-state index in [4.69, 9.17) is 0 Å². The maximum Gasteiger partial charge on any atom is 0.0549 e. The van der Waals surface area contributed by atoms with Crippen LogP contribution < -0.4 is 10.6 Å². The van der Waals surface area contributed by atoms with Crippen LogP contribution in [0.5, 0.6) is 0 Å². The van der Waals surface area contributed by atoms with Crippen molar-refractivity contribution in [3.63, 3.8) is 0 Å². The van der Waals surface area contributed by atoms with Crippen molar-refractivity contribution in [1.82, 2.24) is 4.98 Å². The van der Waals surface area contributed by atoms with Crippen LogP contribution in [0.25, 0.3) is 0 Å². The highest BCUT2D eigenvalue weighted by Gasteiger charge is 2.18. The molecule has 16 heavy (non-hydrogen) atoms. The van der Waals surface area contributed by atoms with E-state index < -0.39 is 0 Å². The molecule has 1 fully saturated rings. The van der Waals surface area contributed by atoms with Gasteiger partial charge in [0, 0.05) is 13.1 Å². The van der Waals surface area contributed by atoms with Gasteiger partial charge in [-0.05, 0) is 24.8 Å². The van der Waals surface area contributed by atoms with E-state index in [2.05, 4.69) is 28.6 Å². The molecule has 1 aromatic heterocycles. The average Bonchev–Trinajstić information content (AvgIpc) is 2.29. The summed E-state index contributed by atoms with van der Waals surface area (Å²) < 4.78 is 0. The Hall–Kier alpha value is -1.25. The quantitative estimate of drug-likeness (QED) is 0.820. The summed E-state index contributed by atoms with van der Waals surface area (Å²) in [5, 5.41) is 6.69. The van der Waals surface area contributed by atoms with Crippen molar-refractivity contribution < 1.29 is 0 Å². The fraction of sp³-hybridized carbons (Fsp3) is 0.615. The molecule has 0 saturated heterocycles. The van der Waals surface area contributed by atoms with Crippen LogP contribution in [0.3, 0.4) is 0 Å². The molecule has 0 bridgehead atoms. The Morgan fingerprint density at radius 1 is 1.25 bits per heavy atom. The van der Waals surface area contributed by atoms with Crippen LogP contribution in [-0.4, -0.2) is 18.1 Å². The van der Waals surface area contributed by atoms with Crippen molar-refractivity contribution in [2.75, 3.05) is 17.7 Å². The first-order chi connectivity index (χ1) is 7.78. The van der Waals surface area contributed by atoms with Gasteiger partial charge in [-0.15, -0.1) is 0 Å². The van der Waals surface area contributed by atoms with Crippen molar-refractivity contribution in [3.8, 4) is 0 Å². The van der Waals surface area contributed by atoms with Crippen LogP contribution in [0, 0.1) is 5.92 Å². The lowest BCUT2D eigenvalue weighted by Crippen LogP contribution is -2.26. The van der Waals surface area contributed by atoms with Crippen LogP contribution in [0.4, 0.5) is 11.4 Å². The second-order valence-corrected chi connectivity index (χ2v) is 4.83. The number of nitrogens with zero attached hydrogens (tertiary/aromatic N) is 1. The van der Waals surface area contributed by atoms with Gasteiger partial charge in [0.2, 0.25) is 0 Å². The minimum Gasteiger partial charge on any atom is -0.387 e. The number of aromatic nitrogens is 1. The van der Waals surface area contributed by atoms with Crippen LogP contribution in [0.2, 0.25) is 0 Å². The van der Waals surface area contributed by atoms with Gasteiger partial charge in [-0.2, -0.15) is 0 Å². The van der Waals surface area contributed by atoms with Crippen molar-refractivity contribution in [1.29, 1.82) is 0 Å². The molecule has 2 atom stereocenters. The summed E-state index contributed by atoms with van der Waals surface area (Å²) in [6.07, 6.45) is 9.04. The molecule has 0 aliphatic heterocycles. The highest BCUT2D eigenvalue weighted by Crippen LogP contribution is 2.26. The summed E-state index contributed by atoms with van der Waals surface area (Å²) in [4.78, 5) is 4.21. The summed E-state index contributed by atoms with van der Waals surface area (Å²) in [5.41, 5.74) is 2.19. The van der Waals surface area contributed by atoms with Gasteiger partial charge in [-0.3, -0.25) is 4.98 Å². The summed E-state index contributed by atoms with van der Waals surface area (Å²) in [5.74, 6) is 0.853.